The van der Waals surface area contributed by atoms with Gasteiger partial charge in [-0.2, -0.15) is 0 Å². The first-order valence-electron chi connectivity index (χ1n) is 12.5. The first-order chi connectivity index (χ1) is 16.8. The second kappa shape index (κ2) is 10.6. The molecule has 4 amide bonds. The van der Waals surface area contributed by atoms with E-state index >= 15 is 0 Å². The van der Waals surface area contributed by atoms with Gasteiger partial charge in [0.15, 0.2) is 0 Å². The van der Waals surface area contributed by atoms with Crippen molar-refractivity contribution in [1.82, 2.24) is 20.0 Å². The van der Waals surface area contributed by atoms with Crippen molar-refractivity contribution >= 4 is 17.8 Å². The fourth-order valence-corrected chi connectivity index (χ4v) is 5.32. The third kappa shape index (κ3) is 5.40. The highest BCUT2D eigenvalue weighted by molar-refractivity contribution is 6.07. The fraction of sp³-hybridized carbons (Fsp3) is 0.464. The molecule has 0 aliphatic carbocycles. The maximum absolute atomic E-state index is 13.8. The lowest BCUT2D eigenvalue weighted by molar-refractivity contribution is -0.134. The van der Waals surface area contributed by atoms with Gasteiger partial charge >= 0.3 is 6.03 Å². The molecule has 0 unspecified atom stereocenters. The molecule has 2 aliphatic heterocycles. The van der Waals surface area contributed by atoms with Crippen LogP contribution in [-0.4, -0.2) is 78.4 Å². The molecule has 2 saturated heterocycles. The largest absolute Gasteiger partial charge is 0.339 e. The molecule has 0 aromatic heterocycles. The minimum Gasteiger partial charge on any atom is -0.339 e. The van der Waals surface area contributed by atoms with Crippen LogP contribution in [-0.2, 0) is 11.2 Å². The SMILES string of the molecule is Cc1cccc(C(=O)N2CCC([C@]3(CCc4ccccc4)NC(=O)N(CCN(C)C)C3=O)CC2)c1. The Hall–Kier alpha value is -3.19. The number of nitrogens with one attached hydrogen (secondary N) is 1. The van der Waals surface area contributed by atoms with Crippen LogP contribution in [0, 0.1) is 12.8 Å². The number of hydrogen-bond acceptors (Lipinski definition) is 4. The smallest absolute Gasteiger partial charge is 0.325 e. The van der Waals surface area contributed by atoms with Crippen LogP contribution in [0.3, 0.4) is 0 Å². The molecule has 7 nitrogen and oxygen atoms in total. The van der Waals surface area contributed by atoms with Crippen molar-refractivity contribution in [3.05, 3.63) is 71.3 Å². The number of amides is 4. The monoisotopic (exact) mass is 476 g/mol. The van der Waals surface area contributed by atoms with E-state index in [1.165, 1.54) is 4.90 Å². The van der Waals surface area contributed by atoms with Crippen LogP contribution >= 0.6 is 0 Å². The van der Waals surface area contributed by atoms with Gasteiger partial charge in [0, 0.05) is 31.7 Å². The average Bonchev–Trinajstić information content (AvgIpc) is 3.11. The minimum atomic E-state index is -0.933. The predicted molar refractivity (Wildman–Crippen MR) is 136 cm³/mol. The Labute approximate surface area is 208 Å². The second-order valence-corrected chi connectivity index (χ2v) is 10.1. The summed E-state index contributed by atoms with van der Waals surface area (Å²) >= 11 is 0. The van der Waals surface area contributed by atoms with E-state index in [1.807, 2.05) is 73.3 Å². The predicted octanol–water partition coefficient (Wildman–Crippen LogP) is 3.33. The number of piperidine rings is 1. The van der Waals surface area contributed by atoms with E-state index in [4.69, 9.17) is 0 Å². The van der Waals surface area contributed by atoms with Crippen molar-refractivity contribution < 1.29 is 14.4 Å². The topological polar surface area (TPSA) is 73.0 Å². The van der Waals surface area contributed by atoms with Gasteiger partial charge in [-0.15, -0.1) is 0 Å². The number of imide groups is 1. The first kappa shape index (κ1) is 24.9. The van der Waals surface area contributed by atoms with E-state index in [9.17, 15) is 14.4 Å². The normalized spacial score (nSPS) is 21.0. The molecular formula is C28H36N4O3. The number of rotatable bonds is 8. The Balaban J connectivity index is 1.51. The molecule has 1 N–H and O–H groups in total. The van der Waals surface area contributed by atoms with Crippen LogP contribution in [0.5, 0.6) is 0 Å². The number of nitrogens with zero attached hydrogens (tertiary/aromatic N) is 3. The molecule has 2 heterocycles. The van der Waals surface area contributed by atoms with Gasteiger partial charge in [-0.1, -0.05) is 48.0 Å². The summed E-state index contributed by atoms with van der Waals surface area (Å²) in [5.74, 6) is -0.114. The third-order valence-corrected chi connectivity index (χ3v) is 7.37. The lowest BCUT2D eigenvalue weighted by Gasteiger charge is -2.41. The van der Waals surface area contributed by atoms with Crippen molar-refractivity contribution in [2.45, 2.75) is 38.1 Å². The van der Waals surface area contributed by atoms with Crippen LogP contribution in [0.4, 0.5) is 4.79 Å². The first-order valence-corrected chi connectivity index (χ1v) is 12.5. The summed E-state index contributed by atoms with van der Waals surface area (Å²) in [6, 6.07) is 17.4. The maximum atomic E-state index is 13.8. The molecule has 7 heteroatoms. The molecule has 0 bridgehead atoms. The number of aryl methyl sites for hydroxylation is 2. The van der Waals surface area contributed by atoms with Crippen molar-refractivity contribution in [1.29, 1.82) is 0 Å². The van der Waals surface area contributed by atoms with Gasteiger partial charge in [0.25, 0.3) is 11.8 Å². The molecule has 2 aromatic rings. The molecule has 2 fully saturated rings. The van der Waals surface area contributed by atoms with Crippen molar-refractivity contribution in [3.8, 4) is 0 Å². The quantitative estimate of drug-likeness (QED) is 0.593. The number of likely N-dealkylation sites (tertiary alicyclic amines) is 1. The molecular weight excluding hydrogens is 440 g/mol. The van der Waals surface area contributed by atoms with Crippen LogP contribution < -0.4 is 5.32 Å². The Morgan fingerprint density at radius 3 is 2.43 bits per heavy atom. The minimum absolute atomic E-state index is 0.0198. The lowest BCUT2D eigenvalue weighted by atomic mass is 9.74. The summed E-state index contributed by atoms with van der Waals surface area (Å²) in [5.41, 5.74) is 1.97. The van der Waals surface area contributed by atoms with Crippen LogP contribution in [0.25, 0.3) is 0 Å². The second-order valence-electron chi connectivity index (χ2n) is 10.1. The van der Waals surface area contributed by atoms with Crippen molar-refractivity contribution in [2.24, 2.45) is 5.92 Å². The molecule has 2 aliphatic rings. The van der Waals surface area contributed by atoms with Gasteiger partial charge in [-0.05, 0) is 70.3 Å². The molecule has 0 spiro atoms. The molecule has 1 atom stereocenters. The Kier molecular flexibility index (Phi) is 7.55. The number of hydrogen-bond donors (Lipinski definition) is 1. The Bertz CT molecular complexity index is 1060. The summed E-state index contributed by atoms with van der Waals surface area (Å²) in [4.78, 5) is 45.1. The number of likely N-dealkylation sites (N-methyl/N-ethyl adjacent to an activating group) is 1. The van der Waals surface area contributed by atoms with Gasteiger partial charge in [0.05, 0.1) is 0 Å². The number of carbonyl (C=O) groups is 3. The molecule has 0 saturated carbocycles. The standard InChI is InChI=1S/C28H36N4O3/c1-21-8-7-11-23(20-21)25(33)31-16-13-24(14-17-31)28(15-12-22-9-5-4-6-10-22)26(34)32(27(35)29-28)19-18-30(2)3/h4-11,20,24H,12-19H2,1-3H3,(H,29,35)/t28-/m0/s1. The fourth-order valence-electron chi connectivity index (χ4n) is 5.32. The Morgan fingerprint density at radius 2 is 1.77 bits per heavy atom. The summed E-state index contributed by atoms with van der Waals surface area (Å²) < 4.78 is 0. The van der Waals surface area contributed by atoms with Gasteiger partial charge < -0.3 is 15.1 Å². The van der Waals surface area contributed by atoms with Crippen molar-refractivity contribution in [3.63, 3.8) is 0 Å². The molecule has 4 rings (SSSR count). The number of benzene rings is 2. The zero-order valence-electron chi connectivity index (χ0n) is 21.0. The van der Waals surface area contributed by atoms with E-state index in [1.54, 1.807) is 0 Å². The Morgan fingerprint density at radius 1 is 1.06 bits per heavy atom. The molecule has 35 heavy (non-hydrogen) atoms. The molecule has 2 aromatic carbocycles. The van der Waals surface area contributed by atoms with Crippen LogP contribution in [0.2, 0.25) is 0 Å². The molecule has 0 radical (unpaired) electrons. The average molecular weight is 477 g/mol. The van der Waals surface area contributed by atoms with Crippen LogP contribution in [0.15, 0.2) is 54.6 Å². The van der Waals surface area contributed by atoms with Crippen molar-refractivity contribution in [2.75, 3.05) is 40.3 Å². The number of urea groups is 1. The van der Waals surface area contributed by atoms with Gasteiger partial charge in [0.2, 0.25) is 0 Å². The van der Waals surface area contributed by atoms with E-state index < -0.39 is 5.54 Å². The van der Waals surface area contributed by atoms with E-state index in [0.717, 1.165) is 11.1 Å². The lowest BCUT2D eigenvalue weighted by Crippen LogP contribution is -2.57. The highest BCUT2D eigenvalue weighted by Gasteiger charge is 2.55. The van der Waals surface area contributed by atoms with Gasteiger partial charge in [-0.25, -0.2) is 4.79 Å². The third-order valence-electron chi connectivity index (χ3n) is 7.37. The summed E-state index contributed by atoms with van der Waals surface area (Å²) in [7, 11) is 3.87. The van der Waals surface area contributed by atoms with E-state index in [2.05, 4.69) is 17.4 Å². The summed E-state index contributed by atoms with van der Waals surface area (Å²) in [5, 5.41) is 3.13. The zero-order valence-corrected chi connectivity index (χ0v) is 21.0. The maximum Gasteiger partial charge on any atom is 0.325 e. The van der Waals surface area contributed by atoms with E-state index in [-0.39, 0.29) is 23.8 Å². The van der Waals surface area contributed by atoms with Crippen LogP contribution in [0.1, 0.15) is 40.7 Å². The summed E-state index contributed by atoms with van der Waals surface area (Å²) in [6.07, 6.45) is 2.62. The molecule has 186 valence electrons. The van der Waals surface area contributed by atoms with E-state index in [0.29, 0.717) is 57.4 Å². The van der Waals surface area contributed by atoms with Gasteiger partial charge in [-0.3, -0.25) is 14.5 Å². The highest BCUT2D eigenvalue weighted by Crippen LogP contribution is 2.37. The summed E-state index contributed by atoms with van der Waals surface area (Å²) in [6.45, 7) is 4.12. The highest BCUT2D eigenvalue weighted by atomic mass is 16.2. The van der Waals surface area contributed by atoms with Gasteiger partial charge in [0.1, 0.15) is 5.54 Å². The number of carbonyl (C=O) groups excluding carboxylic acids is 3. The zero-order chi connectivity index (χ0) is 25.0.